The van der Waals surface area contributed by atoms with Gasteiger partial charge in [-0.05, 0) is 38.6 Å². The van der Waals surface area contributed by atoms with Crippen molar-refractivity contribution in [3.05, 3.63) is 0 Å². The van der Waals surface area contributed by atoms with Gasteiger partial charge in [-0.15, -0.1) is 0 Å². The van der Waals surface area contributed by atoms with Gasteiger partial charge in [0.05, 0.1) is 18.9 Å². The Balaban J connectivity index is 5.47. The van der Waals surface area contributed by atoms with Crippen molar-refractivity contribution in [1.29, 1.82) is 0 Å². The van der Waals surface area contributed by atoms with E-state index in [2.05, 4.69) is 15.6 Å². The zero-order valence-corrected chi connectivity index (χ0v) is 20.4. The molecule has 0 aromatic carbocycles. The Bertz CT molecular complexity index is 848. The van der Waals surface area contributed by atoms with E-state index in [1.54, 1.807) is 0 Å². The number of carbonyl (C=O) groups is 6. The summed E-state index contributed by atoms with van der Waals surface area (Å²) in [5.41, 5.74) is 27.0. The van der Waals surface area contributed by atoms with Crippen LogP contribution in [0.3, 0.4) is 0 Å². The number of rotatable bonds is 19. The number of carbonyl (C=O) groups excluding carboxylic acids is 4. The zero-order valence-electron chi connectivity index (χ0n) is 20.4. The van der Waals surface area contributed by atoms with Crippen molar-refractivity contribution in [2.75, 3.05) is 13.1 Å². The number of carboxylic acid groups (broad SMARTS) is 2. The van der Waals surface area contributed by atoms with Gasteiger partial charge >= 0.3 is 11.9 Å². The van der Waals surface area contributed by atoms with Gasteiger partial charge in [0.15, 0.2) is 5.96 Å². The van der Waals surface area contributed by atoms with Crippen LogP contribution < -0.4 is 44.6 Å². The lowest BCUT2D eigenvalue weighted by Crippen LogP contribution is -2.57. The first-order valence-electron chi connectivity index (χ1n) is 11.4. The Morgan fingerprint density at radius 2 is 1.30 bits per heavy atom. The molecule has 17 nitrogen and oxygen atoms in total. The summed E-state index contributed by atoms with van der Waals surface area (Å²) in [6.07, 6.45) is -0.0317. The second kappa shape index (κ2) is 17.4. The smallest absolute Gasteiger partial charge is 0.326 e. The molecule has 0 aromatic heterocycles. The second-order valence-electron chi connectivity index (χ2n) is 8.13. The summed E-state index contributed by atoms with van der Waals surface area (Å²) in [7, 11) is 0. The molecular formula is C20H37N9O8. The average Bonchev–Trinajstić information content (AvgIpc) is 2.79. The number of unbranched alkanes of at least 4 members (excludes halogenated alkanes) is 1. The van der Waals surface area contributed by atoms with Crippen LogP contribution in [0.2, 0.25) is 0 Å². The average molecular weight is 532 g/mol. The largest absolute Gasteiger partial charge is 0.481 e. The zero-order chi connectivity index (χ0) is 28.5. The minimum absolute atomic E-state index is 0.108. The van der Waals surface area contributed by atoms with Crippen molar-refractivity contribution in [1.82, 2.24) is 16.0 Å². The topological polar surface area (TPSA) is 321 Å². The maximum Gasteiger partial charge on any atom is 0.326 e. The summed E-state index contributed by atoms with van der Waals surface area (Å²) in [5.74, 6) is -6.94. The van der Waals surface area contributed by atoms with Gasteiger partial charge in [0.2, 0.25) is 23.6 Å². The highest BCUT2D eigenvalue weighted by atomic mass is 16.4. The third kappa shape index (κ3) is 14.9. The minimum atomic E-state index is -1.82. The van der Waals surface area contributed by atoms with Gasteiger partial charge in [0.1, 0.15) is 18.1 Å². The van der Waals surface area contributed by atoms with Gasteiger partial charge in [-0.1, -0.05) is 0 Å². The lowest BCUT2D eigenvalue weighted by atomic mass is 10.1. The SMILES string of the molecule is NCCCCC(NC(=O)C(N)CCCN=C(N)N)C(=O)NC(CC(N)=O)C(=O)NC(CC(=O)O)C(=O)O. The molecule has 210 valence electrons. The molecule has 37 heavy (non-hydrogen) atoms. The van der Waals surface area contributed by atoms with E-state index >= 15 is 0 Å². The predicted octanol–water partition coefficient (Wildman–Crippen LogP) is -4.61. The number of nitrogens with two attached hydrogens (primary N) is 5. The summed E-state index contributed by atoms with van der Waals surface area (Å²) in [6, 6.07) is -5.64. The van der Waals surface area contributed by atoms with E-state index in [-0.39, 0.29) is 25.3 Å². The summed E-state index contributed by atoms with van der Waals surface area (Å²) in [4.78, 5) is 75.4. The van der Waals surface area contributed by atoms with Gasteiger partial charge < -0.3 is 54.8 Å². The molecular weight excluding hydrogens is 494 g/mol. The monoisotopic (exact) mass is 531 g/mol. The lowest BCUT2D eigenvalue weighted by molar-refractivity contribution is -0.147. The van der Waals surface area contributed by atoms with Crippen molar-refractivity contribution >= 4 is 41.5 Å². The fourth-order valence-corrected chi connectivity index (χ4v) is 3.02. The van der Waals surface area contributed by atoms with E-state index in [4.69, 9.17) is 38.9 Å². The fourth-order valence-electron chi connectivity index (χ4n) is 3.02. The van der Waals surface area contributed by atoms with Crippen molar-refractivity contribution < 1.29 is 39.0 Å². The Morgan fingerprint density at radius 1 is 0.730 bits per heavy atom. The van der Waals surface area contributed by atoms with Crippen LogP contribution in [-0.4, -0.2) is 89.0 Å². The Kier molecular flexibility index (Phi) is 15.6. The maximum atomic E-state index is 12.9. The van der Waals surface area contributed by atoms with E-state index in [1.165, 1.54) is 0 Å². The van der Waals surface area contributed by atoms with Crippen LogP contribution >= 0.6 is 0 Å². The molecule has 0 radical (unpaired) electrons. The van der Waals surface area contributed by atoms with Gasteiger partial charge in [-0.3, -0.25) is 29.0 Å². The van der Waals surface area contributed by atoms with E-state index < -0.39 is 72.6 Å². The molecule has 0 aliphatic rings. The molecule has 15 N–H and O–H groups in total. The molecule has 0 aliphatic heterocycles. The first-order valence-corrected chi connectivity index (χ1v) is 11.4. The highest BCUT2D eigenvalue weighted by molar-refractivity contribution is 5.96. The molecule has 0 rings (SSSR count). The molecule has 0 saturated heterocycles. The Morgan fingerprint density at radius 3 is 1.81 bits per heavy atom. The van der Waals surface area contributed by atoms with E-state index in [1.807, 2.05) is 5.32 Å². The van der Waals surface area contributed by atoms with Crippen LogP contribution in [0.4, 0.5) is 0 Å². The molecule has 0 fully saturated rings. The molecule has 0 heterocycles. The number of hydrogen-bond donors (Lipinski definition) is 10. The van der Waals surface area contributed by atoms with Crippen molar-refractivity contribution in [3.63, 3.8) is 0 Å². The van der Waals surface area contributed by atoms with E-state index in [9.17, 15) is 28.8 Å². The summed E-state index contributed by atoms with van der Waals surface area (Å²) >= 11 is 0. The van der Waals surface area contributed by atoms with Gasteiger partial charge in [-0.2, -0.15) is 0 Å². The number of primary amides is 1. The maximum absolute atomic E-state index is 12.9. The third-order valence-electron chi connectivity index (χ3n) is 4.92. The van der Waals surface area contributed by atoms with Crippen molar-refractivity contribution in [2.45, 2.75) is 69.1 Å². The van der Waals surface area contributed by atoms with E-state index in [0.717, 1.165) is 0 Å². The normalized spacial score (nSPS) is 13.8. The van der Waals surface area contributed by atoms with Crippen LogP contribution in [0.1, 0.15) is 44.9 Å². The number of aliphatic imine (C=N–C) groups is 1. The first-order chi connectivity index (χ1) is 17.3. The third-order valence-corrected chi connectivity index (χ3v) is 4.92. The van der Waals surface area contributed by atoms with Crippen molar-refractivity contribution in [3.8, 4) is 0 Å². The molecule has 0 bridgehead atoms. The number of hydrogen-bond acceptors (Lipinski definition) is 9. The van der Waals surface area contributed by atoms with Crippen molar-refractivity contribution in [2.24, 2.45) is 33.7 Å². The standard InChI is InChI=1S/C20H37N9O8/c21-6-2-1-5-11(27-16(33)10(22)4-3-7-26-20(24)25)17(34)28-12(8-14(23)30)18(35)29-13(19(36)37)9-15(31)32/h10-13H,1-9,21-22H2,(H2,23,30)(H,27,33)(H,28,34)(H,29,35)(H,31,32)(H,36,37)(H4,24,25,26). The summed E-state index contributed by atoms with van der Waals surface area (Å²) in [6.45, 7) is 0.562. The molecule has 17 heteroatoms. The number of carboxylic acids is 2. The molecule has 0 aliphatic carbocycles. The molecule has 0 saturated carbocycles. The number of nitrogens with zero attached hydrogens (tertiary/aromatic N) is 1. The highest BCUT2D eigenvalue weighted by Crippen LogP contribution is 2.05. The van der Waals surface area contributed by atoms with Crippen LogP contribution in [0.5, 0.6) is 0 Å². The Hall–Kier alpha value is -3.99. The predicted molar refractivity (Wildman–Crippen MR) is 130 cm³/mol. The number of aliphatic carboxylic acids is 2. The second-order valence-corrected chi connectivity index (χ2v) is 8.13. The van der Waals surface area contributed by atoms with Gasteiger partial charge in [0.25, 0.3) is 0 Å². The van der Waals surface area contributed by atoms with Crippen LogP contribution in [-0.2, 0) is 28.8 Å². The molecule has 4 amide bonds. The number of guanidine groups is 1. The number of amides is 4. The fraction of sp³-hybridized carbons (Fsp3) is 0.650. The van der Waals surface area contributed by atoms with E-state index in [0.29, 0.717) is 25.8 Å². The molecule has 0 aromatic rings. The quantitative estimate of drug-likeness (QED) is 0.0427. The van der Waals surface area contributed by atoms with Crippen LogP contribution in [0.15, 0.2) is 4.99 Å². The molecule has 0 spiro atoms. The minimum Gasteiger partial charge on any atom is -0.481 e. The molecule has 4 atom stereocenters. The van der Waals surface area contributed by atoms with Gasteiger partial charge in [-0.25, -0.2) is 4.79 Å². The highest BCUT2D eigenvalue weighted by Gasteiger charge is 2.31. The van der Waals surface area contributed by atoms with Crippen LogP contribution in [0, 0.1) is 0 Å². The summed E-state index contributed by atoms with van der Waals surface area (Å²) in [5, 5.41) is 24.7. The first kappa shape index (κ1) is 33.0. The number of nitrogens with one attached hydrogen (secondary N) is 3. The summed E-state index contributed by atoms with van der Waals surface area (Å²) < 4.78 is 0. The molecule has 4 unspecified atom stereocenters. The lowest BCUT2D eigenvalue weighted by Gasteiger charge is -2.24. The Labute approximate surface area is 212 Å². The van der Waals surface area contributed by atoms with Crippen LogP contribution in [0.25, 0.3) is 0 Å². The van der Waals surface area contributed by atoms with Gasteiger partial charge in [0, 0.05) is 6.54 Å².